The van der Waals surface area contributed by atoms with Crippen LogP contribution >= 0.6 is 0 Å². The van der Waals surface area contributed by atoms with Gasteiger partial charge < -0.3 is 25.6 Å². The number of phenolic OH excluding ortho intramolecular Hbond substituents is 1. The predicted molar refractivity (Wildman–Crippen MR) is 219 cm³/mol. The van der Waals surface area contributed by atoms with Gasteiger partial charge in [0.2, 0.25) is 0 Å². The fraction of sp³-hybridized carbons (Fsp3) is 0.872. The van der Waals surface area contributed by atoms with Gasteiger partial charge in [0.25, 0.3) is 0 Å². The monoisotopic (exact) mass is 723 g/mol. The first kappa shape index (κ1) is 41.9. The molecule has 0 bridgehead atoms. The Labute approximate surface area is 320 Å². The molecule has 0 spiro atoms. The van der Waals surface area contributed by atoms with Gasteiger partial charge in [0.1, 0.15) is 0 Å². The van der Waals surface area contributed by atoms with Gasteiger partial charge in [0.05, 0.1) is 13.2 Å². The van der Waals surface area contributed by atoms with Crippen molar-refractivity contribution in [2.75, 3.05) is 26.7 Å². The number of unbranched alkanes of at least 4 members (excludes halogenated alkanes) is 7. The van der Waals surface area contributed by atoms with Crippen molar-refractivity contribution >= 4 is 0 Å². The molecule has 5 nitrogen and oxygen atoms in total. The van der Waals surface area contributed by atoms with Crippen molar-refractivity contribution in [2.45, 2.75) is 182 Å². The molecule has 298 valence electrons. The second kappa shape index (κ2) is 20.0. The number of benzene rings is 1. The summed E-state index contributed by atoms with van der Waals surface area (Å²) in [6, 6.07) is 6.40. The van der Waals surface area contributed by atoms with E-state index < -0.39 is 0 Å². The molecule has 4 N–H and O–H groups in total. The van der Waals surface area contributed by atoms with Gasteiger partial charge in [0.15, 0.2) is 11.5 Å². The summed E-state index contributed by atoms with van der Waals surface area (Å²) in [5.74, 6) is 6.01. The molecule has 5 rings (SSSR count). The van der Waals surface area contributed by atoms with Gasteiger partial charge in [-0.25, -0.2) is 0 Å². The predicted octanol–water partition coefficient (Wildman–Crippen LogP) is 11.1. The van der Waals surface area contributed by atoms with Crippen LogP contribution in [0.4, 0.5) is 0 Å². The quantitative estimate of drug-likeness (QED) is 0.0897. The highest BCUT2D eigenvalue weighted by atomic mass is 16.5. The SMILES string of the molecule is COc1ccc(CCCCCCCCCCNCCCN[C@H]2CC[C@]3(C)C4CC[C@@]5(C)C(CC[C@@H]5[C@H](C)CCCC(C)C)C4[C@H](O)C[C@H]3C2)cc1O. The number of rotatable bonds is 22. The summed E-state index contributed by atoms with van der Waals surface area (Å²) in [4.78, 5) is 0. The highest BCUT2D eigenvalue weighted by molar-refractivity contribution is 5.41. The van der Waals surface area contributed by atoms with Crippen molar-refractivity contribution in [3.05, 3.63) is 23.8 Å². The summed E-state index contributed by atoms with van der Waals surface area (Å²) in [6.07, 6.45) is 27.3. The first-order valence-electron chi connectivity index (χ1n) is 22.5. The van der Waals surface area contributed by atoms with E-state index in [1.54, 1.807) is 7.11 Å². The van der Waals surface area contributed by atoms with Crippen LogP contribution in [0.3, 0.4) is 0 Å². The van der Waals surface area contributed by atoms with E-state index in [2.05, 4.69) is 51.3 Å². The van der Waals surface area contributed by atoms with E-state index in [0.717, 1.165) is 62.1 Å². The van der Waals surface area contributed by atoms with Crippen LogP contribution in [0.25, 0.3) is 0 Å². The van der Waals surface area contributed by atoms with Crippen LogP contribution in [0.2, 0.25) is 0 Å². The highest BCUT2D eigenvalue weighted by Gasteiger charge is 2.62. The number of phenols is 1. The molecule has 0 amide bonds. The van der Waals surface area contributed by atoms with E-state index in [1.807, 2.05) is 12.1 Å². The Morgan fingerprint density at radius 1 is 0.769 bits per heavy atom. The van der Waals surface area contributed by atoms with Gasteiger partial charge in [-0.05, 0) is 167 Å². The Hall–Kier alpha value is -1.30. The van der Waals surface area contributed by atoms with Crippen molar-refractivity contribution < 1.29 is 14.9 Å². The minimum absolute atomic E-state index is 0.0849. The summed E-state index contributed by atoms with van der Waals surface area (Å²) in [5, 5.41) is 29.5. The van der Waals surface area contributed by atoms with Crippen LogP contribution in [-0.2, 0) is 6.42 Å². The first-order valence-corrected chi connectivity index (χ1v) is 22.5. The molecule has 0 radical (unpaired) electrons. The number of ether oxygens (including phenoxy) is 1. The zero-order valence-corrected chi connectivity index (χ0v) is 34.7. The molecule has 0 aromatic heterocycles. The Balaban J connectivity index is 0.901. The maximum absolute atomic E-state index is 11.9. The lowest BCUT2D eigenvalue weighted by atomic mass is 9.43. The van der Waals surface area contributed by atoms with Crippen LogP contribution in [0.1, 0.15) is 169 Å². The molecule has 1 aromatic carbocycles. The van der Waals surface area contributed by atoms with Crippen LogP contribution in [0.15, 0.2) is 18.2 Å². The normalized spacial score (nSPS) is 33.4. The third-order valence-corrected chi connectivity index (χ3v) is 15.7. The maximum Gasteiger partial charge on any atom is 0.160 e. The molecular weight excluding hydrogens is 641 g/mol. The number of fused-ring (bicyclic) bond motifs is 5. The summed E-state index contributed by atoms with van der Waals surface area (Å²) in [6.45, 7) is 16.0. The Morgan fingerprint density at radius 2 is 1.46 bits per heavy atom. The van der Waals surface area contributed by atoms with E-state index >= 15 is 0 Å². The van der Waals surface area contributed by atoms with Crippen LogP contribution in [0.5, 0.6) is 11.5 Å². The van der Waals surface area contributed by atoms with Crippen molar-refractivity contribution in [1.82, 2.24) is 10.6 Å². The number of aryl methyl sites for hydroxylation is 1. The topological polar surface area (TPSA) is 73.8 Å². The van der Waals surface area contributed by atoms with Crippen molar-refractivity contribution in [1.29, 1.82) is 0 Å². The second-order valence-electron chi connectivity index (χ2n) is 19.4. The van der Waals surface area contributed by atoms with Crippen molar-refractivity contribution in [3.63, 3.8) is 0 Å². The van der Waals surface area contributed by atoms with E-state index in [1.165, 1.54) is 128 Å². The molecular formula is C47H82N2O3. The molecule has 4 aliphatic rings. The summed E-state index contributed by atoms with van der Waals surface area (Å²) >= 11 is 0. The number of methoxy groups -OCH3 is 1. The molecule has 4 fully saturated rings. The van der Waals surface area contributed by atoms with Crippen LogP contribution < -0.4 is 15.4 Å². The average Bonchev–Trinajstić information content (AvgIpc) is 3.47. The molecule has 10 atom stereocenters. The molecule has 0 saturated heterocycles. The molecule has 0 heterocycles. The number of nitrogens with one attached hydrogen (secondary N) is 2. The lowest BCUT2D eigenvalue weighted by Gasteiger charge is -2.62. The first-order chi connectivity index (χ1) is 25.1. The number of aliphatic hydroxyl groups excluding tert-OH is 1. The van der Waals surface area contributed by atoms with Gasteiger partial charge in [-0.15, -0.1) is 0 Å². The number of hydrogen-bond acceptors (Lipinski definition) is 5. The van der Waals surface area contributed by atoms with E-state index in [0.29, 0.717) is 34.5 Å². The second-order valence-corrected chi connectivity index (χ2v) is 19.4. The number of hydrogen-bond donors (Lipinski definition) is 4. The molecule has 4 aliphatic carbocycles. The van der Waals surface area contributed by atoms with Gasteiger partial charge in [-0.1, -0.05) is 98.5 Å². The lowest BCUT2D eigenvalue weighted by Crippen LogP contribution is -2.59. The molecule has 0 aliphatic heterocycles. The standard InChI is InChI=1S/C47H82N2O3/c1-34(2)17-15-18-35(3)39-21-22-40-45-41(25-27-47(39,40)5)46(4)26-24-38(32-37(46)33-43(45)51)49-30-16-29-48-28-14-12-10-8-7-9-11-13-19-36-20-23-44(52-6)42(50)31-36/h20,23,31,34-35,37-41,43,45,48-51H,7-19,21-22,24-30,32-33H2,1-6H3/t35-,37-,38+,39-,40?,41?,43-,45?,46+,47-/m1/s1. The fourth-order valence-electron chi connectivity index (χ4n) is 12.6. The molecule has 3 unspecified atom stereocenters. The van der Waals surface area contributed by atoms with Crippen LogP contribution in [0, 0.1) is 52.3 Å². The molecule has 4 saturated carbocycles. The zero-order valence-electron chi connectivity index (χ0n) is 34.7. The van der Waals surface area contributed by atoms with Gasteiger partial charge >= 0.3 is 0 Å². The van der Waals surface area contributed by atoms with Crippen LogP contribution in [-0.4, -0.2) is 49.1 Å². The van der Waals surface area contributed by atoms with E-state index in [-0.39, 0.29) is 11.9 Å². The third kappa shape index (κ3) is 10.5. The van der Waals surface area contributed by atoms with E-state index in [4.69, 9.17) is 4.74 Å². The average molecular weight is 723 g/mol. The van der Waals surface area contributed by atoms with Crippen molar-refractivity contribution in [3.8, 4) is 11.5 Å². The van der Waals surface area contributed by atoms with Gasteiger partial charge in [-0.2, -0.15) is 0 Å². The summed E-state index contributed by atoms with van der Waals surface area (Å²) < 4.78 is 5.14. The third-order valence-electron chi connectivity index (χ3n) is 15.7. The number of aromatic hydroxyl groups is 1. The zero-order chi connectivity index (χ0) is 37.1. The molecule has 1 aromatic rings. The Morgan fingerprint density at radius 3 is 2.19 bits per heavy atom. The summed E-state index contributed by atoms with van der Waals surface area (Å²) in [7, 11) is 1.59. The molecule has 52 heavy (non-hydrogen) atoms. The van der Waals surface area contributed by atoms with Crippen molar-refractivity contribution in [2.24, 2.45) is 52.3 Å². The highest BCUT2D eigenvalue weighted by Crippen LogP contribution is 2.68. The van der Waals surface area contributed by atoms with E-state index in [9.17, 15) is 10.2 Å². The maximum atomic E-state index is 11.9. The lowest BCUT2D eigenvalue weighted by molar-refractivity contribution is -0.167. The Bertz CT molecular complexity index is 1190. The number of aliphatic hydroxyl groups is 1. The van der Waals surface area contributed by atoms with Gasteiger partial charge in [0, 0.05) is 6.04 Å². The largest absolute Gasteiger partial charge is 0.504 e. The summed E-state index contributed by atoms with van der Waals surface area (Å²) in [5.41, 5.74) is 2.07. The minimum atomic E-state index is -0.0849. The Kier molecular flexibility index (Phi) is 16.1. The van der Waals surface area contributed by atoms with Gasteiger partial charge in [-0.3, -0.25) is 0 Å². The molecule has 5 heteroatoms. The minimum Gasteiger partial charge on any atom is -0.504 e. The fourth-order valence-corrected chi connectivity index (χ4v) is 12.6. The smallest absolute Gasteiger partial charge is 0.160 e.